The van der Waals surface area contributed by atoms with Gasteiger partial charge in [0.15, 0.2) is 0 Å². The van der Waals surface area contributed by atoms with Crippen LogP contribution in [0.1, 0.15) is 16.7 Å². The Hall–Kier alpha value is -1.46. The third-order valence-corrected chi connectivity index (χ3v) is 2.00. The first kappa shape index (κ1) is 10.6. The number of hydrogen-bond acceptors (Lipinski definition) is 2. The lowest BCUT2D eigenvalue weighted by molar-refractivity contribution is 0.281. The van der Waals surface area contributed by atoms with E-state index in [4.69, 9.17) is 16.3 Å². The van der Waals surface area contributed by atoms with Crippen LogP contribution in [0.2, 0.25) is 0 Å². The van der Waals surface area contributed by atoms with Gasteiger partial charge in [-0.3, -0.25) is 0 Å². The summed E-state index contributed by atoms with van der Waals surface area (Å²) >= 11 is 0. The quantitative estimate of drug-likeness (QED) is 0.736. The first-order chi connectivity index (χ1) is 6.69. The number of ether oxygens (including phenoxy) is 1. The molecule has 0 spiro atoms. The summed E-state index contributed by atoms with van der Waals surface area (Å²) in [5.74, 6) is 3.25. The Kier molecular flexibility index (Phi) is 3.55. The highest BCUT2D eigenvalue weighted by atomic mass is 16.5. The second kappa shape index (κ2) is 4.69. The van der Waals surface area contributed by atoms with E-state index in [2.05, 4.69) is 5.92 Å². The van der Waals surface area contributed by atoms with Crippen molar-refractivity contribution in [1.29, 1.82) is 0 Å². The molecule has 0 radical (unpaired) electrons. The zero-order chi connectivity index (χ0) is 10.6. The van der Waals surface area contributed by atoms with Gasteiger partial charge in [0.1, 0.15) is 12.4 Å². The van der Waals surface area contributed by atoms with Crippen molar-refractivity contribution in [2.75, 3.05) is 6.61 Å². The number of aliphatic hydroxyl groups is 1. The Morgan fingerprint density at radius 2 is 1.93 bits per heavy atom. The fourth-order valence-electron chi connectivity index (χ4n) is 1.47. The van der Waals surface area contributed by atoms with Crippen molar-refractivity contribution in [3.05, 3.63) is 28.8 Å². The van der Waals surface area contributed by atoms with Crippen molar-refractivity contribution in [2.45, 2.75) is 20.5 Å². The Morgan fingerprint density at radius 3 is 2.36 bits per heavy atom. The van der Waals surface area contributed by atoms with Crippen molar-refractivity contribution in [2.24, 2.45) is 0 Å². The molecule has 0 saturated carbocycles. The maximum absolute atomic E-state index is 8.98. The molecule has 74 valence electrons. The molecule has 0 aliphatic carbocycles. The maximum Gasteiger partial charge on any atom is 0.148 e. The van der Waals surface area contributed by atoms with E-state index in [1.165, 1.54) is 0 Å². The number of rotatable bonds is 3. The molecule has 14 heavy (non-hydrogen) atoms. The molecule has 0 atom stereocenters. The summed E-state index contributed by atoms with van der Waals surface area (Å²) in [5.41, 5.74) is 2.90. The molecule has 0 amide bonds. The standard InChI is InChI=1S/C12H14O2/c1-4-5-14-12-9(2)6-11(8-13)7-10(12)3/h1,6-7,13H,5,8H2,2-3H3. The molecule has 1 N–H and O–H groups in total. The molecule has 0 heterocycles. The van der Waals surface area contributed by atoms with Gasteiger partial charge in [-0.05, 0) is 30.5 Å². The second-order valence-electron chi connectivity index (χ2n) is 3.21. The van der Waals surface area contributed by atoms with Crippen LogP contribution in [0.25, 0.3) is 0 Å². The number of terminal acetylenes is 1. The van der Waals surface area contributed by atoms with Gasteiger partial charge in [0.25, 0.3) is 0 Å². The summed E-state index contributed by atoms with van der Waals surface area (Å²) in [5, 5.41) is 8.98. The van der Waals surface area contributed by atoms with Gasteiger partial charge in [-0.15, -0.1) is 6.42 Å². The molecule has 0 unspecified atom stereocenters. The minimum absolute atomic E-state index is 0.0527. The molecule has 0 aromatic heterocycles. The van der Waals surface area contributed by atoms with E-state index in [0.29, 0.717) is 0 Å². The molecule has 1 rings (SSSR count). The van der Waals surface area contributed by atoms with Crippen LogP contribution < -0.4 is 4.74 Å². The minimum Gasteiger partial charge on any atom is -0.480 e. The van der Waals surface area contributed by atoms with Crippen LogP contribution in [0, 0.1) is 26.2 Å². The average Bonchev–Trinajstić information content (AvgIpc) is 2.16. The van der Waals surface area contributed by atoms with Crippen LogP contribution in [0.3, 0.4) is 0 Å². The largest absolute Gasteiger partial charge is 0.480 e. The van der Waals surface area contributed by atoms with Crippen molar-refractivity contribution in [3.63, 3.8) is 0 Å². The van der Waals surface area contributed by atoms with Gasteiger partial charge < -0.3 is 9.84 Å². The molecule has 0 bridgehead atoms. The normalized spacial score (nSPS) is 9.57. The van der Waals surface area contributed by atoms with E-state index in [-0.39, 0.29) is 13.2 Å². The predicted octanol–water partition coefficient (Wildman–Crippen LogP) is 1.81. The molecule has 0 saturated heterocycles. The maximum atomic E-state index is 8.98. The fourth-order valence-corrected chi connectivity index (χ4v) is 1.47. The molecule has 0 fully saturated rings. The molecule has 1 aromatic carbocycles. The smallest absolute Gasteiger partial charge is 0.148 e. The van der Waals surface area contributed by atoms with Crippen LogP contribution >= 0.6 is 0 Å². The first-order valence-corrected chi connectivity index (χ1v) is 4.46. The van der Waals surface area contributed by atoms with Crippen LogP contribution in [-0.4, -0.2) is 11.7 Å². The summed E-state index contributed by atoms with van der Waals surface area (Å²) in [6, 6.07) is 3.80. The average molecular weight is 190 g/mol. The van der Waals surface area contributed by atoms with Crippen molar-refractivity contribution >= 4 is 0 Å². The highest BCUT2D eigenvalue weighted by Crippen LogP contribution is 2.24. The van der Waals surface area contributed by atoms with Gasteiger partial charge in [0.05, 0.1) is 6.61 Å². The second-order valence-corrected chi connectivity index (χ2v) is 3.21. The zero-order valence-corrected chi connectivity index (χ0v) is 8.50. The summed E-state index contributed by atoms with van der Waals surface area (Å²) < 4.78 is 5.40. The third-order valence-electron chi connectivity index (χ3n) is 2.00. The van der Waals surface area contributed by atoms with Gasteiger partial charge in [-0.25, -0.2) is 0 Å². The number of aliphatic hydroxyl groups excluding tert-OH is 1. The lowest BCUT2D eigenvalue weighted by Crippen LogP contribution is -1.99. The summed E-state index contributed by atoms with van der Waals surface area (Å²) in [6.07, 6.45) is 5.12. The van der Waals surface area contributed by atoms with E-state index in [9.17, 15) is 0 Å². The molecular formula is C12H14O2. The van der Waals surface area contributed by atoms with Crippen LogP contribution in [0.15, 0.2) is 12.1 Å². The Labute approximate surface area is 84.5 Å². The number of hydrogen-bond donors (Lipinski definition) is 1. The van der Waals surface area contributed by atoms with Crippen LogP contribution in [-0.2, 0) is 6.61 Å². The summed E-state index contributed by atoms with van der Waals surface area (Å²) in [7, 11) is 0. The lowest BCUT2D eigenvalue weighted by Gasteiger charge is -2.11. The Bertz CT molecular complexity index is 338. The molecule has 1 aromatic rings. The zero-order valence-electron chi connectivity index (χ0n) is 8.50. The SMILES string of the molecule is C#CCOc1c(C)cc(CO)cc1C. The van der Waals surface area contributed by atoms with Crippen LogP contribution in [0.5, 0.6) is 5.75 Å². The summed E-state index contributed by atoms with van der Waals surface area (Å²) in [4.78, 5) is 0. The number of aryl methyl sites for hydroxylation is 2. The van der Waals surface area contributed by atoms with Crippen molar-refractivity contribution < 1.29 is 9.84 Å². The highest BCUT2D eigenvalue weighted by Gasteiger charge is 2.05. The number of benzene rings is 1. The first-order valence-electron chi connectivity index (χ1n) is 4.46. The monoisotopic (exact) mass is 190 g/mol. The van der Waals surface area contributed by atoms with E-state index >= 15 is 0 Å². The van der Waals surface area contributed by atoms with Gasteiger partial charge >= 0.3 is 0 Å². The fraction of sp³-hybridized carbons (Fsp3) is 0.333. The minimum atomic E-state index is 0.0527. The molecule has 0 aliphatic heterocycles. The molecule has 2 nitrogen and oxygen atoms in total. The topological polar surface area (TPSA) is 29.5 Å². The van der Waals surface area contributed by atoms with Crippen LogP contribution in [0.4, 0.5) is 0 Å². The van der Waals surface area contributed by atoms with E-state index in [1.807, 2.05) is 26.0 Å². The van der Waals surface area contributed by atoms with Crippen molar-refractivity contribution in [3.8, 4) is 18.1 Å². The van der Waals surface area contributed by atoms with E-state index in [0.717, 1.165) is 22.4 Å². The van der Waals surface area contributed by atoms with Gasteiger partial charge in [-0.1, -0.05) is 18.1 Å². The van der Waals surface area contributed by atoms with Gasteiger partial charge in [-0.2, -0.15) is 0 Å². The Balaban J connectivity index is 3.00. The van der Waals surface area contributed by atoms with Gasteiger partial charge in [0, 0.05) is 0 Å². The van der Waals surface area contributed by atoms with E-state index in [1.54, 1.807) is 0 Å². The third kappa shape index (κ3) is 2.27. The highest BCUT2D eigenvalue weighted by molar-refractivity contribution is 5.43. The van der Waals surface area contributed by atoms with Gasteiger partial charge in [0.2, 0.25) is 0 Å². The molecule has 2 heteroatoms. The Morgan fingerprint density at radius 1 is 1.36 bits per heavy atom. The molecule has 0 aliphatic rings. The van der Waals surface area contributed by atoms with E-state index < -0.39 is 0 Å². The molecular weight excluding hydrogens is 176 g/mol. The predicted molar refractivity (Wildman–Crippen MR) is 56.2 cm³/mol. The lowest BCUT2D eigenvalue weighted by atomic mass is 10.1. The summed E-state index contributed by atoms with van der Waals surface area (Å²) in [6.45, 7) is 4.22. The van der Waals surface area contributed by atoms with Crippen molar-refractivity contribution in [1.82, 2.24) is 0 Å².